The summed E-state index contributed by atoms with van der Waals surface area (Å²) in [6, 6.07) is 22.0. The SMILES string of the molecule is COc1ccc([C@H](CC(C)C)NC(=O)c2ccccc2NS(=O)(=O)c2ccccc2)cc1. The summed E-state index contributed by atoms with van der Waals surface area (Å²) in [5.74, 6) is 0.732. The summed E-state index contributed by atoms with van der Waals surface area (Å²) in [6.45, 7) is 4.18. The number of ether oxygens (including phenoxy) is 1. The molecule has 0 spiro atoms. The van der Waals surface area contributed by atoms with Crippen LogP contribution in [0.15, 0.2) is 83.8 Å². The Morgan fingerprint density at radius 1 is 0.906 bits per heavy atom. The van der Waals surface area contributed by atoms with Gasteiger partial charge in [0.1, 0.15) is 5.75 Å². The van der Waals surface area contributed by atoms with E-state index < -0.39 is 10.0 Å². The number of benzene rings is 3. The van der Waals surface area contributed by atoms with Gasteiger partial charge in [-0.05, 0) is 54.3 Å². The zero-order valence-electron chi connectivity index (χ0n) is 18.4. The monoisotopic (exact) mass is 452 g/mol. The molecule has 0 saturated heterocycles. The molecule has 0 fully saturated rings. The van der Waals surface area contributed by atoms with Crippen molar-refractivity contribution >= 4 is 21.6 Å². The predicted octanol–water partition coefficient (Wildman–Crippen LogP) is 5.01. The molecule has 0 aliphatic carbocycles. The van der Waals surface area contributed by atoms with Crippen molar-refractivity contribution in [1.29, 1.82) is 0 Å². The van der Waals surface area contributed by atoms with Crippen molar-refractivity contribution in [2.45, 2.75) is 31.2 Å². The van der Waals surface area contributed by atoms with Gasteiger partial charge in [-0.3, -0.25) is 9.52 Å². The van der Waals surface area contributed by atoms with Crippen LogP contribution < -0.4 is 14.8 Å². The van der Waals surface area contributed by atoms with E-state index >= 15 is 0 Å². The van der Waals surface area contributed by atoms with Crippen molar-refractivity contribution in [3.05, 3.63) is 90.0 Å². The number of anilines is 1. The van der Waals surface area contributed by atoms with E-state index in [1.54, 1.807) is 49.6 Å². The van der Waals surface area contributed by atoms with Crippen LogP contribution in [0.3, 0.4) is 0 Å². The molecular formula is C25H28N2O4S. The number of methoxy groups -OCH3 is 1. The average Bonchev–Trinajstić information content (AvgIpc) is 2.79. The highest BCUT2D eigenvalue weighted by Gasteiger charge is 2.21. The van der Waals surface area contributed by atoms with Gasteiger partial charge in [-0.1, -0.05) is 56.3 Å². The molecule has 0 heterocycles. The maximum absolute atomic E-state index is 13.2. The fourth-order valence-corrected chi connectivity index (χ4v) is 4.50. The van der Waals surface area contributed by atoms with Crippen LogP contribution in [-0.2, 0) is 10.0 Å². The lowest BCUT2D eigenvalue weighted by molar-refractivity contribution is 0.0933. The van der Waals surface area contributed by atoms with Gasteiger partial charge < -0.3 is 10.1 Å². The number of carbonyl (C=O) groups excluding carboxylic acids is 1. The summed E-state index contributed by atoms with van der Waals surface area (Å²) >= 11 is 0. The quantitative estimate of drug-likeness (QED) is 0.478. The smallest absolute Gasteiger partial charge is 0.261 e. The molecule has 0 aliphatic rings. The van der Waals surface area contributed by atoms with E-state index in [0.717, 1.165) is 17.7 Å². The van der Waals surface area contributed by atoms with Gasteiger partial charge in [-0.15, -0.1) is 0 Å². The fourth-order valence-electron chi connectivity index (χ4n) is 3.40. The first-order valence-corrected chi connectivity index (χ1v) is 11.9. The van der Waals surface area contributed by atoms with Crippen LogP contribution in [0, 0.1) is 5.92 Å². The summed E-state index contributed by atoms with van der Waals surface area (Å²) in [5, 5.41) is 3.07. The molecule has 7 heteroatoms. The third-order valence-electron chi connectivity index (χ3n) is 5.00. The Morgan fingerprint density at radius 3 is 2.16 bits per heavy atom. The van der Waals surface area contributed by atoms with Crippen molar-refractivity contribution < 1.29 is 17.9 Å². The number of amides is 1. The lowest BCUT2D eigenvalue weighted by Crippen LogP contribution is -2.30. The summed E-state index contributed by atoms with van der Waals surface area (Å²) in [5.41, 5.74) is 1.44. The topological polar surface area (TPSA) is 84.5 Å². The van der Waals surface area contributed by atoms with Crippen LogP contribution >= 0.6 is 0 Å². The number of nitrogens with one attached hydrogen (secondary N) is 2. The number of carbonyl (C=O) groups is 1. The van der Waals surface area contributed by atoms with Gasteiger partial charge >= 0.3 is 0 Å². The molecule has 3 aromatic rings. The van der Waals surface area contributed by atoms with Crippen LogP contribution in [0.4, 0.5) is 5.69 Å². The van der Waals surface area contributed by atoms with Gasteiger partial charge in [0.25, 0.3) is 15.9 Å². The van der Waals surface area contributed by atoms with Crippen molar-refractivity contribution in [1.82, 2.24) is 5.32 Å². The molecule has 168 valence electrons. The molecular weight excluding hydrogens is 424 g/mol. The van der Waals surface area contributed by atoms with E-state index in [4.69, 9.17) is 4.74 Å². The molecule has 0 radical (unpaired) electrons. The molecule has 6 nitrogen and oxygen atoms in total. The van der Waals surface area contributed by atoms with Crippen LogP contribution in [0.5, 0.6) is 5.75 Å². The number of sulfonamides is 1. The second-order valence-corrected chi connectivity index (χ2v) is 9.58. The van der Waals surface area contributed by atoms with Gasteiger partial charge in [0, 0.05) is 0 Å². The molecule has 3 aromatic carbocycles. The summed E-state index contributed by atoms with van der Waals surface area (Å²) in [6.07, 6.45) is 0.732. The third-order valence-corrected chi connectivity index (χ3v) is 6.38. The molecule has 0 bridgehead atoms. The highest BCUT2D eigenvalue weighted by molar-refractivity contribution is 7.92. The highest BCUT2D eigenvalue weighted by atomic mass is 32.2. The van der Waals surface area contributed by atoms with Crippen molar-refractivity contribution in [3.63, 3.8) is 0 Å². The largest absolute Gasteiger partial charge is 0.497 e. The van der Waals surface area contributed by atoms with Crippen molar-refractivity contribution in [2.24, 2.45) is 5.92 Å². The Balaban J connectivity index is 1.86. The first-order valence-electron chi connectivity index (χ1n) is 10.4. The second-order valence-electron chi connectivity index (χ2n) is 7.89. The van der Waals surface area contributed by atoms with Gasteiger partial charge in [0.15, 0.2) is 0 Å². The minimum Gasteiger partial charge on any atom is -0.497 e. The lowest BCUT2D eigenvalue weighted by Gasteiger charge is -2.22. The fraction of sp³-hybridized carbons (Fsp3) is 0.240. The minimum atomic E-state index is -3.82. The molecule has 0 aliphatic heterocycles. The van der Waals surface area contributed by atoms with E-state index in [1.165, 1.54) is 12.1 Å². The maximum Gasteiger partial charge on any atom is 0.261 e. The van der Waals surface area contributed by atoms with E-state index in [2.05, 4.69) is 23.9 Å². The normalized spacial score (nSPS) is 12.2. The predicted molar refractivity (Wildman–Crippen MR) is 126 cm³/mol. The van der Waals surface area contributed by atoms with E-state index in [9.17, 15) is 13.2 Å². The van der Waals surface area contributed by atoms with Crippen LogP contribution in [-0.4, -0.2) is 21.4 Å². The lowest BCUT2D eigenvalue weighted by atomic mass is 9.96. The first kappa shape index (κ1) is 23.3. The zero-order valence-corrected chi connectivity index (χ0v) is 19.2. The zero-order chi connectivity index (χ0) is 23.1. The number of para-hydroxylation sites is 1. The maximum atomic E-state index is 13.2. The summed E-state index contributed by atoms with van der Waals surface area (Å²) in [4.78, 5) is 13.3. The third kappa shape index (κ3) is 5.88. The molecule has 2 N–H and O–H groups in total. The molecule has 0 unspecified atom stereocenters. The Bertz CT molecular complexity index is 1140. The van der Waals surface area contributed by atoms with Crippen LogP contribution in [0.25, 0.3) is 0 Å². The summed E-state index contributed by atoms with van der Waals surface area (Å²) < 4.78 is 33.3. The van der Waals surface area contributed by atoms with Crippen molar-refractivity contribution in [2.75, 3.05) is 11.8 Å². The second kappa shape index (κ2) is 10.3. The molecule has 0 aromatic heterocycles. The van der Waals surface area contributed by atoms with Gasteiger partial charge in [0.05, 0.1) is 29.3 Å². The van der Waals surface area contributed by atoms with Crippen LogP contribution in [0.1, 0.15) is 42.2 Å². The standard InChI is InChI=1S/C25H28N2O4S/c1-18(2)17-24(19-13-15-20(31-3)16-14-19)26-25(28)22-11-7-8-12-23(22)27-32(29,30)21-9-5-4-6-10-21/h4-16,18,24,27H,17H2,1-3H3,(H,26,28)/t24-/m0/s1. The highest BCUT2D eigenvalue weighted by Crippen LogP contribution is 2.26. The van der Waals surface area contributed by atoms with Gasteiger partial charge in [0.2, 0.25) is 0 Å². The van der Waals surface area contributed by atoms with Gasteiger partial charge in [-0.25, -0.2) is 8.42 Å². The van der Waals surface area contributed by atoms with Crippen molar-refractivity contribution in [3.8, 4) is 5.75 Å². The minimum absolute atomic E-state index is 0.131. The average molecular weight is 453 g/mol. The van der Waals surface area contributed by atoms with E-state index in [1.807, 2.05) is 24.3 Å². The van der Waals surface area contributed by atoms with E-state index in [0.29, 0.717) is 5.92 Å². The number of hydrogen-bond donors (Lipinski definition) is 2. The number of hydrogen-bond acceptors (Lipinski definition) is 4. The van der Waals surface area contributed by atoms with Gasteiger partial charge in [-0.2, -0.15) is 0 Å². The molecule has 1 atom stereocenters. The Morgan fingerprint density at radius 2 is 1.53 bits per heavy atom. The Hall–Kier alpha value is -3.32. The molecule has 1 amide bonds. The Kier molecular flexibility index (Phi) is 7.53. The Labute approximate surface area is 189 Å². The first-order chi connectivity index (χ1) is 15.3. The van der Waals surface area contributed by atoms with E-state index in [-0.39, 0.29) is 28.1 Å². The molecule has 0 saturated carbocycles. The summed E-state index contributed by atoms with van der Waals surface area (Å²) in [7, 11) is -2.21. The molecule has 3 rings (SSSR count). The number of rotatable bonds is 9. The molecule has 32 heavy (non-hydrogen) atoms. The van der Waals surface area contributed by atoms with Crippen LogP contribution in [0.2, 0.25) is 0 Å².